The summed E-state index contributed by atoms with van der Waals surface area (Å²) in [6, 6.07) is 22.2. The molecule has 1 aliphatic rings. The van der Waals surface area contributed by atoms with Gasteiger partial charge >= 0.3 is 0 Å². The fraction of sp³-hybridized carbons (Fsp3) is 0.103. The molecule has 0 saturated heterocycles. The zero-order valence-electron chi connectivity index (χ0n) is 20.1. The van der Waals surface area contributed by atoms with Crippen LogP contribution < -0.4 is 14.2 Å². The summed E-state index contributed by atoms with van der Waals surface area (Å²) >= 11 is 0. The molecule has 3 aromatic heterocycles. The lowest BCUT2D eigenvalue weighted by molar-refractivity contribution is 0.354. The van der Waals surface area contributed by atoms with Gasteiger partial charge in [0, 0.05) is 29.4 Å². The zero-order chi connectivity index (χ0) is 24.9. The van der Waals surface area contributed by atoms with Crippen molar-refractivity contribution < 1.29 is 14.2 Å². The lowest BCUT2D eigenvalue weighted by Crippen LogP contribution is -2.15. The van der Waals surface area contributed by atoms with Gasteiger partial charge in [-0.1, -0.05) is 36.4 Å². The molecule has 0 fully saturated rings. The number of ether oxygens (including phenoxy) is 3. The predicted octanol–water partition coefficient (Wildman–Crippen LogP) is 5.64. The summed E-state index contributed by atoms with van der Waals surface area (Å²) in [5, 5.41) is 6.92. The summed E-state index contributed by atoms with van der Waals surface area (Å²) in [6.07, 6.45) is 5.12. The molecule has 0 unspecified atom stereocenters. The monoisotopic (exact) mass is 487 g/mol. The summed E-state index contributed by atoms with van der Waals surface area (Å²) in [6.45, 7) is 0. The Labute approximate surface area is 212 Å². The molecule has 7 rings (SSSR count). The van der Waals surface area contributed by atoms with Gasteiger partial charge in [-0.2, -0.15) is 0 Å². The first-order valence-electron chi connectivity index (χ1n) is 11.8. The van der Waals surface area contributed by atoms with E-state index in [0.717, 1.165) is 38.8 Å². The number of methoxy groups -OCH3 is 2. The van der Waals surface area contributed by atoms with Gasteiger partial charge in [0.15, 0.2) is 23.0 Å². The normalized spacial score (nSPS) is 14.2. The van der Waals surface area contributed by atoms with E-state index in [1.807, 2.05) is 42.5 Å². The molecule has 1 aliphatic heterocycles. The van der Waals surface area contributed by atoms with E-state index in [9.17, 15) is 0 Å². The second-order valence-electron chi connectivity index (χ2n) is 8.76. The maximum Gasteiger partial charge on any atom is 0.228 e. The number of pyridine rings is 1. The molecule has 4 heterocycles. The fourth-order valence-electron chi connectivity index (χ4n) is 5.09. The molecule has 0 N–H and O–H groups in total. The van der Waals surface area contributed by atoms with Crippen molar-refractivity contribution in [2.24, 2.45) is 0 Å². The molecule has 0 amide bonds. The Hall–Kier alpha value is -4.98. The van der Waals surface area contributed by atoms with Crippen LogP contribution in [0.2, 0.25) is 0 Å². The molecule has 37 heavy (non-hydrogen) atoms. The molecule has 180 valence electrons. The molecule has 1 atom stereocenters. The van der Waals surface area contributed by atoms with Crippen LogP contribution in [0.15, 0.2) is 85.5 Å². The first kappa shape index (κ1) is 21.3. The van der Waals surface area contributed by atoms with Crippen LogP contribution in [-0.2, 0) is 0 Å². The van der Waals surface area contributed by atoms with Gasteiger partial charge in [0.1, 0.15) is 12.1 Å². The quantitative estimate of drug-likeness (QED) is 0.318. The van der Waals surface area contributed by atoms with Gasteiger partial charge in [0.25, 0.3) is 0 Å². The van der Waals surface area contributed by atoms with Gasteiger partial charge in [-0.3, -0.25) is 4.98 Å². The molecule has 8 nitrogen and oxygen atoms in total. The number of nitrogens with zero attached hydrogens (tertiary/aromatic N) is 5. The van der Waals surface area contributed by atoms with Crippen molar-refractivity contribution in [2.75, 3.05) is 14.2 Å². The Morgan fingerprint density at radius 2 is 1.78 bits per heavy atom. The third-order valence-corrected chi connectivity index (χ3v) is 6.76. The van der Waals surface area contributed by atoms with Crippen LogP contribution >= 0.6 is 0 Å². The van der Waals surface area contributed by atoms with Crippen molar-refractivity contribution in [3.63, 3.8) is 0 Å². The number of hydrogen-bond acceptors (Lipinski definition) is 7. The van der Waals surface area contributed by atoms with E-state index < -0.39 is 0 Å². The molecule has 8 heteroatoms. The van der Waals surface area contributed by atoms with Gasteiger partial charge in [-0.25, -0.2) is 14.5 Å². The lowest BCUT2D eigenvalue weighted by atomic mass is 9.81. The van der Waals surface area contributed by atoms with Gasteiger partial charge in [0.05, 0.1) is 19.8 Å². The Balaban J connectivity index is 1.54. The van der Waals surface area contributed by atoms with E-state index >= 15 is 0 Å². The van der Waals surface area contributed by atoms with Crippen molar-refractivity contribution in [3.05, 3.63) is 102 Å². The Morgan fingerprint density at radius 3 is 2.62 bits per heavy atom. The minimum Gasteiger partial charge on any atom is -0.493 e. The highest BCUT2D eigenvalue weighted by Crippen LogP contribution is 2.51. The topological polar surface area (TPSA) is 83.7 Å². The summed E-state index contributed by atoms with van der Waals surface area (Å²) in [7, 11) is 3.27. The van der Waals surface area contributed by atoms with Crippen molar-refractivity contribution in [1.29, 1.82) is 0 Å². The van der Waals surface area contributed by atoms with E-state index in [1.54, 1.807) is 37.5 Å². The number of benzene rings is 3. The summed E-state index contributed by atoms with van der Waals surface area (Å²) in [5.74, 6) is 2.89. The van der Waals surface area contributed by atoms with Gasteiger partial charge in [0.2, 0.25) is 5.88 Å². The number of fused-ring (bicyclic) bond motifs is 6. The second kappa shape index (κ2) is 8.30. The molecule has 0 saturated carbocycles. The summed E-state index contributed by atoms with van der Waals surface area (Å²) in [5.41, 5.74) is 4.37. The van der Waals surface area contributed by atoms with Crippen LogP contribution in [0.5, 0.6) is 23.1 Å². The lowest BCUT2D eigenvalue weighted by Gasteiger charge is -2.29. The van der Waals surface area contributed by atoms with Crippen LogP contribution in [0.25, 0.3) is 27.8 Å². The van der Waals surface area contributed by atoms with Crippen LogP contribution in [0.3, 0.4) is 0 Å². The van der Waals surface area contributed by atoms with Crippen molar-refractivity contribution in [2.45, 2.75) is 5.92 Å². The van der Waals surface area contributed by atoms with Crippen molar-refractivity contribution in [3.8, 4) is 34.5 Å². The predicted molar refractivity (Wildman–Crippen MR) is 139 cm³/mol. The van der Waals surface area contributed by atoms with Crippen LogP contribution in [0.4, 0.5) is 0 Å². The molecule has 0 radical (unpaired) electrons. The highest BCUT2D eigenvalue weighted by atomic mass is 16.5. The average Bonchev–Trinajstić information content (AvgIpc) is 3.41. The SMILES string of the molecule is COc1ccc([C@@H]2c3c(ccc4ccccc34)Oc3ncn4nc(-c5cccnc5)nc4c32)cc1OC. The van der Waals surface area contributed by atoms with Crippen LogP contribution in [0, 0.1) is 0 Å². The fourth-order valence-corrected chi connectivity index (χ4v) is 5.09. The zero-order valence-corrected chi connectivity index (χ0v) is 20.1. The van der Waals surface area contributed by atoms with E-state index in [0.29, 0.717) is 28.9 Å². The van der Waals surface area contributed by atoms with Crippen molar-refractivity contribution in [1.82, 2.24) is 24.6 Å². The summed E-state index contributed by atoms with van der Waals surface area (Å²) in [4.78, 5) is 13.8. The first-order valence-corrected chi connectivity index (χ1v) is 11.8. The Bertz CT molecular complexity index is 1800. The average molecular weight is 488 g/mol. The first-order chi connectivity index (χ1) is 18.2. The number of aromatic nitrogens is 5. The van der Waals surface area contributed by atoms with Gasteiger partial charge < -0.3 is 14.2 Å². The number of hydrogen-bond donors (Lipinski definition) is 0. The second-order valence-corrected chi connectivity index (χ2v) is 8.76. The van der Waals surface area contributed by atoms with Crippen LogP contribution in [-0.4, -0.2) is 38.8 Å². The molecule has 0 aliphatic carbocycles. The van der Waals surface area contributed by atoms with Crippen molar-refractivity contribution >= 4 is 16.4 Å². The van der Waals surface area contributed by atoms with E-state index in [4.69, 9.17) is 24.3 Å². The molecular formula is C29H21N5O3. The minimum absolute atomic E-state index is 0.244. The Kier molecular flexibility index (Phi) is 4.78. The third kappa shape index (κ3) is 3.30. The molecule has 6 aromatic rings. The van der Waals surface area contributed by atoms with Gasteiger partial charge in [-0.05, 0) is 46.7 Å². The molecule has 3 aromatic carbocycles. The van der Waals surface area contributed by atoms with Gasteiger partial charge in [-0.15, -0.1) is 5.10 Å². The summed E-state index contributed by atoms with van der Waals surface area (Å²) < 4.78 is 19.3. The minimum atomic E-state index is -0.244. The molecule has 0 spiro atoms. The van der Waals surface area contributed by atoms with E-state index in [-0.39, 0.29) is 5.92 Å². The van der Waals surface area contributed by atoms with E-state index in [1.165, 1.54) is 0 Å². The standard InChI is InChI=1S/C29H21N5O3/c1-35-21-11-10-18(14-23(21)36-2)24-25-20-8-4-3-6-17(20)9-12-22(25)37-29-26(24)28-32-27(33-34(28)16-31-29)19-7-5-13-30-15-19/h3-16,24H,1-2H3/t24-/m1/s1. The van der Waals surface area contributed by atoms with E-state index in [2.05, 4.69) is 34.2 Å². The Morgan fingerprint density at radius 1 is 0.892 bits per heavy atom. The largest absolute Gasteiger partial charge is 0.493 e. The highest BCUT2D eigenvalue weighted by molar-refractivity contribution is 5.91. The smallest absolute Gasteiger partial charge is 0.228 e. The maximum absolute atomic E-state index is 6.40. The number of rotatable bonds is 4. The molecule has 0 bridgehead atoms. The maximum atomic E-state index is 6.40. The molecular weight excluding hydrogens is 466 g/mol. The third-order valence-electron chi connectivity index (χ3n) is 6.76. The highest BCUT2D eigenvalue weighted by Gasteiger charge is 2.35. The van der Waals surface area contributed by atoms with Crippen LogP contribution in [0.1, 0.15) is 22.6 Å².